The van der Waals surface area contributed by atoms with E-state index >= 15 is 0 Å². The van der Waals surface area contributed by atoms with Gasteiger partial charge in [0.15, 0.2) is 5.78 Å². The minimum Gasteiger partial charge on any atom is -0.511 e. The third kappa shape index (κ3) is 7.73. The molecule has 4 nitrogen and oxygen atoms in total. The molecule has 1 rings (SSSR count). The van der Waals surface area contributed by atoms with Crippen molar-refractivity contribution in [1.82, 2.24) is 0 Å². The maximum atomic E-state index is 12.5. The molecule has 0 bridgehead atoms. The Morgan fingerprint density at radius 3 is 2.50 bits per heavy atom. The van der Waals surface area contributed by atoms with Crippen LogP contribution in [0.4, 0.5) is 0 Å². The highest BCUT2D eigenvalue weighted by Crippen LogP contribution is 2.32. The van der Waals surface area contributed by atoms with Gasteiger partial charge in [-0.05, 0) is 31.4 Å². The Balaban J connectivity index is 0.00000254. The summed E-state index contributed by atoms with van der Waals surface area (Å²) < 4.78 is 0. The lowest BCUT2D eigenvalue weighted by Gasteiger charge is -2.25. The van der Waals surface area contributed by atoms with Crippen LogP contribution in [0.25, 0.3) is 0 Å². The fourth-order valence-electron chi connectivity index (χ4n) is 2.88. The first-order chi connectivity index (χ1) is 11.5. The molecule has 0 aromatic heterocycles. The van der Waals surface area contributed by atoms with Gasteiger partial charge in [-0.3, -0.25) is 4.79 Å². The van der Waals surface area contributed by atoms with Crippen molar-refractivity contribution in [2.24, 2.45) is 11.1 Å². The van der Waals surface area contributed by atoms with Gasteiger partial charge in [-0.2, -0.15) is 11.8 Å². The quantitative estimate of drug-likeness (QED) is 0.435. The number of aliphatic hydroxyl groups excluding tert-OH is 1. The van der Waals surface area contributed by atoms with E-state index in [1.54, 1.807) is 0 Å². The number of rotatable bonds is 9. The van der Waals surface area contributed by atoms with Crippen LogP contribution in [0.1, 0.15) is 73.6 Å². The molecule has 0 amide bonds. The van der Waals surface area contributed by atoms with Crippen molar-refractivity contribution in [2.45, 2.75) is 78.9 Å². The van der Waals surface area contributed by atoms with Crippen molar-refractivity contribution in [3.8, 4) is 0 Å². The Morgan fingerprint density at radius 2 is 2.00 bits per heavy atom. The van der Waals surface area contributed by atoms with Crippen LogP contribution >= 0.6 is 11.8 Å². The summed E-state index contributed by atoms with van der Waals surface area (Å²) in [6.45, 7) is 12.7. The molecule has 0 aliphatic heterocycles. The van der Waals surface area contributed by atoms with Gasteiger partial charge in [-0.25, -0.2) is 0 Å². The second-order valence-corrected chi connectivity index (χ2v) is 7.44. The number of ketones is 1. The van der Waals surface area contributed by atoms with Crippen LogP contribution in [0.15, 0.2) is 16.5 Å². The third-order valence-electron chi connectivity index (χ3n) is 3.72. The Kier molecular flexibility index (Phi) is 12.8. The fourth-order valence-corrected chi connectivity index (χ4v) is 3.86. The second-order valence-electron chi connectivity index (χ2n) is 5.73. The maximum absolute atomic E-state index is 12.5. The lowest BCUT2D eigenvalue weighted by molar-refractivity contribution is -0.116. The zero-order chi connectivity index (χ0) is 18.5. The second kappa shape index (κ2) is 13.3. The lowest BCUT2D eigenvalue weighted by atomic mass is 9.82. The molecule has 0 aromatic rings. The minimum atomic E-state index is 0.00866. The normalized spacial score (nSPS) is 19.7. The van der Waals surface area contributed by atoms with Crippen LogP contribution < -0.4 is 0 Å². The summed E-state index contributed by atoms with van der Waals surface area (Å²) in [5.41, 5.74) is 1.00. The van der Waals surface area contributed by atoms with Gasteiger partial charge in [0.2, 0.25) is 0 Å². The van der Waals surface area contributed by atoms with Crippen LogP contribution in [0.5, 0.6) is 0 Å². The molecule has 0 radical (unpaired) electrons. The van der Waals surface area contributed by atoms with Gasteiger partial charge < -0.3 is 9.94 Å². The first-order valence-electron chi connectivity index (χ1n) is 9.29. The van der Waals surface area contributed by atoms with Crippen molar-refractivity contribution in [1.29, 1.82) is 0 Å². The monoisotopic (exact) mass is 357 g/mol. The van der Waals surface area contributed by atoms with Gasteiger partial charge in [0, 0.05) is 18.1 Å². The topological polar surface area (TPSA) is 58.9 Å². The molecule has 0 saturated heterocycles. The number of hydrogen-bond acceptors (Lipinski definition) is 5. The molecule has 0 aromatic carbocycles. The van der Waals surface area contributed by atoms with Gasteiger partial charge in [0.25, 0.3) is 0 Å². The number of aliphatic hydroxyl groups is 1. The zero-order valence-electron chi connectivity index (χ0n) is 16.2. The molecule has 0 fully saturated rings. The molecule has 1 aliphatic rings. The number of carbonyl (C=O) groups excluding carboxylic acids is 1. The molecule has 0 spiro atoms. The van der Waals surface area contributed by atoms with E-state index in [-0.39, 0.29) is 17.5 Å². The molecule has 0 heterocycles. The van der Waals surface area contributed by atoms with Crippen LogP contribution in [0.2, 0.25) is 0 Å². The molecule has 5 heteroatoms. The van der Waals surface area contributed by atoms with E-state index in [0.717, 1.165) is 18.6 Å². The summed E-state index contributed by atoms with van der Waals surface area (Å²) in [5.74, 6) is 1.52. The summed E-state index contributed by atoms with van der Waals surface area (Å²) in [6.07, 6.45) is 3.56. The van der Waals surface area contributed by atoms with Crippen LogP contribution in [0.3, 0.4) is 0 Å². The van der Waals surface area contributed by atoms with Crippen LogP contribution in [-0.4, -0.2) is 34.2 Å². The van der Waals surface area contributed by atoms with Gasteiger partial charge in [-0.15, -0.1) is 0 Å². The fraction of sp³-hybridized carbons (Fsp3) is 0.789. The van der Waals surface area contributed by atoms with Gasteiger partial charge in [0.1, 0.15) is 12.4 Å². The van der Waals surface area contributed by atoms with Gasteiger partial charge in [0.05, 0.1) is 11.3 Å². The van der Waals surface area contributed by atoms with E-state index in [4.69, 9.17) is 4.84 Å². The number of oxime groups is 1. The van der Waals surface area contributed by atoms with Crippen molar-refractivity contribution in [3.05, 3.63) is 11.3 Å². The maximum Gasteiger partial charge on any atom is 0.168 e. The number of thioether (sulfide) groups is 1. The summed E-state index contributed by atoms with van der Waals surface area (Å²) in [7, 11) is 0. The van der Waals surface area contributed by atoms with E-state index < -0.39 is 0 Å². The summed E-state index contributed by atoms with van der Waals surface area (Å²) >= 11 is 1.90. The van der Waals surface area contributed by atoms with Gasteiger partial charge in [-0.1, -0.05) is 46.2 Å². The molecule has 2 unspecified atom stereocenters. The van der Waals surface area contributed by atoms with Crippen molar-refractivity contribution >= 4 is 23.3 Å². The van der Waals surface area contributed by atoms with E-state index in [2.05, 4.69) is 19.0 Å². The van der Waals surface area contributed by atoms with E-state index in [1.165, 1.54) is 0 Å². The highest BCUT2D eigenvalue weighted by Gasteiger charge is 2.31. The first kappa shape index (κ1) is 23.0. The minimum absolute atomic E-state index is 0.00866. The first-order valence-corrected chi connectivity index (χ1v) is 10.3. The molecule has 140 valence electrons. The molecule has 1 N–H and O–H groups in total. The Hall–Kier alpha value is -0.970. The largest absolute Gasteiger partial charge is 0.511 e. The number of allylic oxidation sites excluding steroid dienone is 2. The Labute approximate surface area is 152 Å². The number of carbonyl (C=O) groups is 1. The SMILES string of the molecule is CC.CCC/C(=N\OCC)C1=C(O)CC(CC(C)SCC)CC1=O. The number of nitrogens with zero attached hydrogens (tertiary/aromatic N) is 1. The molecule has 24 heavy (non-hydrogen) atoms. The van der Waals surface area contributed by atoms with Crippen LogP contribution in [-0.2, 0) is 9.63 Å². The molecule has 1 aliphatic carbocycles. The Bertz CT molecular complexity index is 432. The zero-order valence-corrected chi connectivity index (χ0v) is 17.0. The summed E-state index contributed by atoms with van der Waals surface area (Å²) in [6, 6.07) is 0. The number of Topliss-reactive ketones (excluding diaryl/α,β-unsaturated/α-hetero) is 1. The average Bonchev–Trinajstić information content (AvgIpc) is 2.54. The number of hydrogen-bond donors (Lipinski definition) is 1. The van der Waals surface area contributed by atoms with E-state index in [9.17, 15) is 9.90 Å². The predicted molar refractivity (Wildman–Crippen MR) is 105 cm³/mol. The molecular formula is C19H35NO3S. The smallest absolute Gasteiger partial charge is 0.168 e. The summed E-state index contributed by atoms with van der Waals surface area (Å²) in [4.78, 5) is 17.6. The predicted octanol–water partition coefficient (Wildman–Crippen LogP) is 5.53. The van der Waals surface area contributed by atoms with Gasteiger partial charge >= 0.3 is 0 Å². The van der Waals surface area contributed by atoms with E-state index in [0.29, 0.717) is 42.4 Å². The molecular weight excluding hydrogens is 322 g/mol. The summed E-state index contributed by atoms with van der Waals surface area (Å²) in [5, 5.41) is 14.9. The highest BCUT2D eigenvalue weighted by molar-refractivity contribution is 7.99. The lowest BCUT2D eigenvalue weighted by Crippen LogP contribution is -2.26. The van der Waals surface area contributed by atoms with E-state index in [1.807, 2.05) is 39.5 Å². The highest BCUT2D eigenvalue weighted by atomic mass is 32.2. The van der Waals surface area contributed by atoms with Crippen molar-refractivity contribution < 1.29 is 14.7 Å². The Morgan fingerprint density at radius 1 is 1.33 bits per heavy atom. The molecule has 2 atom stereocenters. The standard InChI is InChI=1S/C17H29NO3S.C2H6/c1-5-8-14(18-21-6-2)17-15(19)10-13(11-16(17)20)9-12(4)22-7-3;1-2/h12-13,19H,5-11H2,1-4H3;1-2H3/b18-14+;. The molecule has 0 saturated carbocycles. The van der Waals surface area contributed by atoms with Crippen molar-refractivity contribution in [3.63, 3.8) is 0 Å². The average molecular weight is 358 g/mol. The van der Waals surface area contributed by atoms with Crippen LogP contribution in [0, 0.1) is 5.92 Å². The third-order valence-corrected chi connectivity index (χ3v) is 4.81. The van der Waals surface area contributed by atoms with Crippen molar-refractivity contribution in [2.75, 3.05) is 12.4 Å².